The highest BCUT2D eigenvalue weighted by Crippen LogP contribution is 2.20. The molecule has 100 valence electrons. The Hall–Kier alpha value is -1.82. The number of anilines is 1. The maximum Gasteiger partial charge on any atom is 0.142 e. The molecule has 1 atom stereocenters. The Morgan fingerprint density at radius 3 is 2.26 bits per heavy atom. The van der Waals surface area contributed by atoms with Crippen molar-refractivity contribution < 1.29 is 17.4 Å². The van der Waals surface area contributed by atoms with Crippen LogP contribution in [0.15, 0.2) is 41.3 Å². The number of benzene rings is 2. The molecule has 0 amide bonds. The molecule has 0 bridgehead atoms. The Morgan fingerprint density at radius 1 is 1.00 bits per heavy atom. The zero-order chi connectivity index (χ0) is 14.0. The van der Waals surface area contributed by atoms with E-state index < -0.39 is 28.3 Å². The molecular weight excluding hydrogens is 275 g/mol. The van der Waals surface area contributed by atoms with Crippen molar-refractivity contribution in [3.63, 3.8) is 0 Å². The van der Waals surface area contributed by atoms with E-state index in [0.717, 1.165) is 18.2 Å². The standard InChI is InChI=1S/C13H10F3NOS/c14-9-3-4-13(11(16)5-9)19(18)7-8-1-2-10(15)6-12(8)17/h1-6H,7,17H2. The topological polar surface area (TPSA) is 43.1 Å². The molecule has 2 nitrogen and oxygen atoms in total. The first-order chi connectivity index (χ1) is 8.97. The fourth-order valence-electron chi connectivity index (χ4n) is 1.58. The minimum Gasteiger partial charge on any atom is -0.398 e. The van der Waals surface area contributed by atoms with Gasteiger partial charge in [-0.25, -0.2) is 13.2 Å². The second-order valence-corrected chi connectivity index (χ2v) is 5.33. The first-order valence-electron chi connectivity index (χ1n) is 5.34. The highest BCUT2D eigenvalue weighted by atomic mass is 32.2. The van der Waals surface area contributed by atoms with Crippen molar-refractivity contribution in [2.45, 2.75) is 10.6 Å². The van der Waals surface area contributed by atoms with Crippen molar-refractivity contribution in [3.05, 3.63) is 59.4 Å². The molecule has 0 aromatic heterocycles. The van der Waals surface area contributed by atoms with Crippen molar-refractivity contribution in [3.8, 4) is 0 Å². The second-order valence-electron chi connectivity index (χ2n) is 3.91. The van der Waals surface area contributed by atoms with E-state index in [1.165, 1.54) is 12.1 Å². The zero-order valence-corrected chi connectivity index (χ0v) is 10.5. The van der Waals surface area contributed by atoms with Crippen molar-refractivity contribution in [1.82, 2.24) is 0 Å². The summed E-state index contributed by atoms with van der Waals surface area (Å²) < 4.78 is 51.0. The first-order valence-corrected chi connectivity index (χ1v) is 6.66. The quantitative estimate of drug-likeness (QED) is 0.881. The summed E-state index contributed by atoms with van der Waals surface area (Å²) >= 11 is 0. The average molecular weight is 285 g/mol. The largest absolute Gasteiger partial charge is 0.398 e. The van der Waals surface area contributed by atoms with Crippen LogP contribution in [0.5, 0.6) is 0 Å². The molecule has 0 aliphatic carbocycles. The highest BCUT2D eigenvalue weighted by Gasteiger charge is 2.13. The molecule has 2 N–H and O–H groups in total. The van der Waals surface area contributed by atoms with Crippen LogP contribution in [0.25, 0.3) is 0 Å². The molecule has 0 saturated heterocycles. The fourth-order valence-corrected chi connectivity index (χ4v) is 2.77. The van der Waals surface area contributed by atoms with E-state index in [1.54, 1.807) is 0 Å². The van der Waals surface area contributed by atoms with Gasteiger partial charge in [0.25, 0.3) is 0 Å². The van der Waals surface area contributed by atoms with Crippen LogP contribution in [0.2, 0.25) is 0 Å². The molecule has 0 spiro atoms. The highest BCUT2D eigenvalue weighted by molar-refractivity contribution is 7.84. The van der Waals surface area contributed by atoms with Crippen LogP contribution in [0.3, 0.4) is 0 Å². The Morgan fingerprint density at radius 2 is 1.63 bits per heavy atom. The van der Waals surface area contributed by atoms with E-state index >= 15 is 0 Å². The van der Waals surface area contributed by atoms with Gasteiger partial charge in [0.1, 0.15) is 17.5 Å². The van der Waals surface area contributed by atoms with Gasteiger partial charge in [0.15, 0.2) is 0 Å². The minimum absolute atomic E-state index is 0.0608. The van der Waals surface area contributed by atoms with Crippen LogP contribution in [0, 0.1) is 17.5 Å². The van der Waals surface area contributed by atoms with Gasteiger partial charge < -0.3 is 5.73 Å². The zero-order valence-electron chi connectivity index (χ0n) is 9.70. The smallest absolute Gasteiger partial charge is 0.142 e. The van der Waals surface area contributed by atoms with E-state index in [4.69, 9.17) is 5.73 Å². The van der Waals surface area contributed by atoms with Crippen molar-refractivity contribution in [2.24, 2.45) is 0 Å². The Kier molecular flexibility index (Phi) is 3.90. The van der Waals surface area contributed by atoms with Gasteiger partial charge >= 0.3 is 0 Å². The van der Waals surface area contributed by atoms with Gasteiger partial charge in [0, 0.05) is 11.8 Å². The summed E-state index contributed by atoms with van der Waals surface area (Å²) in [5.74, 6) is -2.17. The van der Waals surface area contributed by atoms with E-state index in [1.807, 2.05) is 0 Å². The molecule has 0 saturated carbocycles. The van der Waals surface area contributed by atoms with Gasteiger partial charge in [-0.15, -0.1) is 0 Å². The maximum absolute atomic E-state index is 13.4. The minimum atomic E-state index is -1.72. The molecule has 1 unspecified atom stereocenters. The summed E-state index contributed by atoms with van der Waals surface area (Å²) in [7, 11) is -1.72. The molecule has 2 aromatic carbocycles. The number of rotatable bonds is 3. The molecule has 2 aromatic rings. The van der Waals surface area contributed by atoms with Gasteiger partial charge in [-0.3, -0.25) is 4.21 Å². The third-order valence-electron chi connectivity index (χ3n) is 2.53. The monoisotopic (exact) mass is 285 g/mol. The lowest BCUT2D eigenvalue weighted by Gasteiger charge is -2.07. The molecular formula is C13H10F3NOS. The van der Waals surface area contributed by atoms with Crippen LogP contribution in [-0.2, 0) is 16.6 Å². The summed E-state index contributed by atoms with van der Waals surface area (Å²) in [6.45, 7) is 0. The molecule has 0 heterocycles. The summed E-state index contributed by atoms with van der Waals surface area (Å²) in [6, 6.07) is 6.51. The predicted molar refractivity (Wildman–Crippen MR) is 67.3 cm³/mol. The van der Waals surface area contributed by atoms with Crippen molar-refractivity contribution >= 4 is 16.5 Å². The molecule has 6 heteroatoms. The van der Waals surface area contributed by atoms with Crippen molar-refractivity contribution in [2.75, 3.05) is 5.73 Å². The molecule has 0 aliphatic rings. The Labute approximate surface area is 110 Å². The normalized spacial score (nSPS) is 12.4. The second kappa shape index (κ2) is 5.44. The summed E-state index contributed by atoms with van der Waals surface area (Å²) in [6.07, 6.45) is 0. The van der Waals surface area contributed by atoms with E-state index in [-0.39, 0.29) is 16.3 Å². The molecule has 2 rings (SSSR count). The summed E-state index contributed by atoms with van der Waals surface area (Å²) in [5, 5.41) is 0. The van der Waals surface area contributed by atoms with Crippen LogP contribution >= 0.6 is 0 Å². The van der Waals surface area contributed by atoms with Gasteiger partial charge in [0.05, 0.1) is 21.4 Å². The molecule has 0 radical (unpaired) electrons. The van der Waals surface area contributed by atoms with Gasteiger partial charge in [-0.05, 0) is 29.8 Å². The molecule has 0 aliphatic heterocycles. The van der Waals surface area contributed by atoms with Gasteiger partial charge in [-0.2, -0.15) is 0 Å². The lowest BCUT2D eigenvalue weighted by molar-refractivity contribution is 0.562. The first kappa shape index (κ1) is 13.6. The van der Waals surface area contributed by atoms with Crippen LogP contribution < -0.4 is 5.73 Å². The number of hydrogen-bond acceptors (Lipinski definition) is 2. The fraction of sp³-hybridized carbons (Fsp3) is 0.0769. The predicted octanol–water partition coefficient (Wildman–Crippen LogP) is 2.99. The Balaban J connectivity index is 2.25. The lowest BCUT2D eigenvalue weighted by atomic mass is 10.2. The third kappa shape index (κ3) is 3.14. The van der Waals surface area contributed by atoms with Crippen LogP contribution in [-0.4, -0.2) is 4.21 Å². The SMILES string of the molecule is Nc1cc(F)ccc1CS(=O)c1ccc(F)cc1F. The summed E-state index contributed by atoms with van der Waals surface area (Å²) in [4.78, 5) is -0.106. The van der Waals surface area contributed by atoms with Gasteiger partial charge in [-0.1, -0.05) is 6.07 Å². The molecule has 0 fully saturated rings. The van der Waals surface area contributed by atoms with Crippen LogP contribution in [0.4, 0.5) is 18.9 Å². The molecule has 19 heavy (non-hydrogen) atoms. The number of nitrogens with two attached hydrogens (primary N) is 1. The van der Waals surface area contributed by atoms with Crippen LogP contribution in [0.1, 0.15) is 5.56 Å². The average Bonchev–Trinajstić information content (AvgIpc) is 2.32. The van der Waals surface area contributed by atoms with Crippen molar-refractivity contribution in [1.29, 1.82) is 0 Å². The maximum atomic E-state index is 13.4. The summed E-state index contributed by atoms with van der Waals surface area (Å²) in [5.41, 5.74) is 6.18. The van der Waals surface area contributed by atoms with Gasteiger partial charge in [0.2, 0.25) is 0 Å². The number of hydrogen-bond donors (Lipinski definition) is 1. The van der Waals surface area contributed by atoms with E-state index in [0.29, 0.717) is 11.6 Å². The van der Waals surface area contributed by atoms with E-state index in [9.17, 15) is 17.4 Å². The van der Waals surface area contributed by atoms with E-state index in [2.05, 4.69) is 0 Å². The third-order valence-corrected chi connectivity index (χ3v) is 3.93. The Bertz CT molecular complexity index is 646. The lowest BCUT2D eigenvalue weighted by Crippen LogP contribution is -2.03. The number of halogens is 3. The number of nitrogen functional groups attached to an aromatic ring is 1.